The number of ether oxygens (including phenoxy) is 2. The molecule has 0 bridgehead atoms. The standard InChI is InChI=1S/C17H24N2O5/c1-11(2)18-14(20)10-23-15(21)12-7-6-8-13(9-12)19-16(22)24-17(3,4)5/h6-9,11H,10H2,1-5H3,(H,18,20)(H,19,22). The van der Waals surface area contributed by atoms with Gasteiger partial charge in [-0.15, -0.1) is 0 Å². The first-order valence-corrected chi connectivity index (χ1v) is 7.63. The fraction of sp³-hybridized carbons (Fsp3) is 0.471. The van der Waals surface area contributed by atoms with Crippen molar-refractivity contribution >= 4 is 23.7 Å². The summed E-state index contributed by atoms with van der Waals surface area (Å²) in [5.41, 5.74) is -0.00375. The molecule has 0 spiro atoms. The van der Waals surface area contributed by atoms with Crippen LogP contribution in [0.5, 0.6) is 0 Å². The number of anilines is 1. The summed E-state index contributed by atoms with van der Waals surface area (Å²) in [6.45, 7) is 8.52. The van der Waals surface area contributed by atoms with Crippen LogP contribution in [0, 0.1) is 0 Å². The molecule has 1 aromatic carbocycles. The van der Waals surface area contributed by atoms with Crippen LogP contribution in [0.4, 0.5) is 10.5 Å². The molecule has 1 aromatic rings. The van der Waals surface area contributed by atoms with E-state index in [1.165, 1.54) is 12.1 Å². The Morgan fingerprint density at radius 1 is 1.17 bits per heavy atom. The van der Waals surface area contributed by atoms with Crippen molar-refractivity contribution in [2.75, 3.05) is 11.9 Å². The molecule has 0 radical (unpaired) electrons. The van der Waals surface area contributed by atoms with Gasteiger partial charge in [-0.3, -0.25) is 10.1 Å². The Bertz CT molecular complexity index is 605. The van der Waals surface area contributed by atoms with E-state index in [0.29, 0.717) is 5.69 Å². The molecule has 0 aliphatic carbocycles. The topological polar surface area (TPSA) is 93.7 Å². The molecule has 2 N–H and O–H groups in total. The Labute approximate surface area is 141 Å². The van der Waals surface area contributed by atoms with E-state index in [1.54, 1.807) is 32.9 Å². The van der Waals surface area contributed by atoms with Crippen molar-refractivity contribution < 1.29 is 23.9 Å². The number of carbonyl (C=O) groups is 3. The molecule has 0 heterocycles. The molecule has 132 valence electrons. The van der Waals surface area contributed by atoms with Crippen molar-refractivity contribution in [3.05, 3.63) is 29.8 Å². The van der Waals surface area contributed by atoms with Crippen LogP contribution in [0.15, 0.2) is 24.3 Å². The summed E-state index contributed by atoms with van der Waals surface area (Å²) in [5, 5.41) is 5.16. The third kappa shape index (κ3) is 7.62. The molecule has 0 atom stereocenters. The van der Waals surface area contributed by atoms with E-state index in [2.05, 4.69) is 10.6 Å². The van der Waals surface area contributed by atoms with E-state index in [0.717, 1.165) is 0 Å². The summed E-state index contributed by atoms with van der Waals surface area (Å²) in [6, 6.07) is 6.16. The molecule has 0 fully saturated rings. The summed E-state index contributed by atoms with van der Waals surface area (Å²) in [4.78, 5) is 35.2. The van der Waals surface area contributed by atoms with Crippen LogP contribution in [-0.2, 0) is 14.3 Å². The van der Waals surface area contributed by atoms with Gasteiger partial charge in [0, 0.05) is 11.7 Å². The SMILES string of the molecule is CC(C)NC(=O)COC(=O)c1cccc(NC(=O)OC(C)(C)C)c1. The minimum absolute atomic E-state index is 0.0300. The average Bonchev–Trinajstić information content (AvgIpc) is 2.42. The summed E-state index contributed by atoms with van der Waals surface area (Å²) >= 11 is 0. The van der Waals surface area contributed by atoms with E-state index >= 15 is 0 Å². The highest BCUT2D eigenvalue weighted by Gasteiger charge is 2.17. The lowest BCUT2D eigenvalue weighted by molar-refractivity contribution is -0.124. The van der Waals surface area contributed by atoms with Crippen molar-refractivity contribution in [1.29, 1.82) is 0 Å². The lowest BCUT2D eigenvalue weighted by Gasteiger charge is -2.19. The Hall–Kier alpha value is -2.57. The van der Waals surface area contributed by atoms with Crippen LogP contribution >= 0.6 is 0 Å². The largest absolute Gasteiger partial charge is 0.452 e. The summed E-state index contributed by atoms with van der Waals surface area (Å²) in [6.07, 6.45) is -0.621. The lowest BCUT2D eigenvalue weighted by atomic mass is 10.2. The molecule has 0 aliphatic heterocycles. The van der Waals surface area contributed by atoms with E-state index in [9.17, 15) is 14.4 Å². The van der Waals surface area contributed by atoms with Gasteiger partial charge in [-0.25, -0.2) is 9.59 Å². The molecule has 7 nitrogen and oxygen atoms in total. The highest BCUT2D eigenvalue weighted by atomic mass is 16.6. The van der Waals surface area contributed by atoms with Crippen molar-refractivity contribution in [3.8, 4) is 0 Å². The molecule has 0 unspecified atom stereocenters. The van der Waals surface area contributed by atoms with E-state index in [1.807, 2.05) is 13.8 Å². The van der Waals surface area contributed by atoms with Gasteiger partial charge in [-0.1, -0.05) is 6.07 Å². The van der Waals surface area contributed by atoms with Gasteiger partial charge < -0.3 is 14.8 Å². The normalized spacial score (nSPS) is 10.9. The van der Waals surface area contributed by atoms with Gasteiger partial charge >= 0.3 is 12.1 Å². The van der Waals surface area contributed by atoms with Crippen LogP contribution in [0.2, 0.25) is 0 Å². The van der Waals surface area contributed by atoms with E-state index < -0.39 is 17.7 Å². The fourth-order valence-electron chi connectivity index (χ4n) is 1.72. The second-order valence-corrected chi connectivity index (χ2v) is 6.51. The van der Waals surface area contributed by atoms with Crippen molar-refractivity contribution in [2.24, 2.45) is 0 Å². The van der Waals surface area contributed by atoms with Gasteiger partial charge in [0.1, 0.15) is 5.60 Å². The minimum Gasteiger partial charge on any atom is -0.452 e. The smallest absolute Gasteiger partial charge is 0.412 e. The third-order valence-corrected chi connectivity index (χ3v) is 2.53. The first-order valence-electron chi connectivity index (χ1n) is 7.63. The second kappa shape index (κ2) is 8.33. The van der Waals surface area contributed by atoms with Gasteiger partial charge in [0.05, 0.1) is 5.56 Å². The minimum atomic E-state index is -0.651. The molecule has 7 heteroatoms. The zero-order valence-electron chi connectivity index (χ0n) is 14.6. The molecule has 1 rings (SSSR count). The van der Waals surface area contributed by atoms with Gasteiger partial charge in [-0.2, -0.15) is 0 Å². The third-order valence-electron chi connectivity index (χ3n) is 2.53. The van der Waals surface area contributed by atoms with Crippen LogP contribution in [0.25, 0.3) is 0 Å². The zero-order valence-corrected chi connectivity index (χ0v) is 14.6. The number of hydrogen-bond acceptors (Lipinski definition) is 5. The van der Waals surface area contributed by atoms with Crippen LogP contribution in [0.1, 0.15) is 45.0 Å². The summed E-state index contributed by atoms with van der Waals surface area (Å²) in [5.74, 6) is -1.02. The van der Waals surface area contributed by atoms with Gasteiger partial charge in [0.25, 0.3) is 5.91 Å². The first-order chi connectivity index (χ1) is 11.1. The number of benzene rings is 1. The van der Waals surface area contributed by atoms with Crippen molar-refractivity contribution in [1.82, 2.24) is 5.32 Å². The molecule has 0 aliphatic rings. The second-order valence-electron chi connectivity index (χ2n) is 6.51. The number of esters is 1. The van der Waals surface area contributed by atoms with Crippen LogP contribution < -0.4 is 10.6 Å². The average molecular weight is 336 g/mol. The van der Waals surface area contributed by atoms with Gasteiger partial charge in [0.2, 0.25) is 0 Å². The fourth-order valence-corrected chi connectivity index (χ4v) is 1.72. The van der Waals surface area contributed by atoms with Gasteiger partial charge in [-0.05, 0) is 52.8 Å². The molecular weight excluding hydrogens is 312 g/mol. The predicted octanol–water partition coefficient (Wildman–Crippen LogP) is 2.72. The maximum atomic E-state index is 12.0. The number of carbonyl (C=O) groups excluding carboxylic acids is 3. The Morgan fingerprint density at radius 2 is 1.83 bits per heavy atom. The number of nitrogens with one attached hydrogen (secondary N) is 2. The number of rotatable bonds is 5. The first kappa shape index (κ1) is 19.5. The number of hydrogen-bond donors (Lipinski definition) is 2. The monoisotopic (exact) mass is 336 g/mol. The molecular formula is C17H24N2O5. The molecule has 2 amide bonds. The highest BCUT2D eigenvalue weighted by molar-refractivity contribution is 5.93. The van der Waals surface area contributed by atoms with Gasteiger partial charge in [0.15, 0.2) is 6.61 Å². The molecule has 24 heavy (non-hydrogen) atoms. The van der Waals surface area contributed by atoms with Crippen LogP contribution in [-0.4, -0.2) is 36.2 Å². The summed E-state index contributed by atoms with van der Waals surface area (Å²) < 4.78 is 10.1. The molecule has 0 aromatic heterocycles. The molecule has 0 saturated heterocycles. The number of amides is 2. The lowest BCUT2D eigenvalue weighted by Crippen LogP contribution is -2.34. The van der Waals surface area contributed by atoms with E-state index in [4.69, 9.17) is 9.47 Å². The van der Waals surface area contributed by atoms with E-state index in [-0.39, 0.29) is 24.1 Å². The highest BCUT2D eigenvalue weighted by Crippen LogP contribution is 2.14. The predicted molar refractivity (Wildman–Crippen MR) is 89.9 cm³/mol. The Balaban J connectivity index is 2.62. The summed E-state index contributed by atoms with van der Waals surface area (Å²) in [7, 11) is 0. The maximum absolute atomic E-state index is 12.0. The van der Waals surface area contributed by atoms with Crippen molar-refractivity contribution in [2.45, 2.75) is 46.3 Å². The van der Waals surface area contributed by atoms with Crippen LogP contribution in [0.3, 0.4) is 0 Å². The maximum Gasteiger partial charge on any atom is 0.412 e. The Kier molecular flexibility index (Phi) is 6.76. The van der Waals surface area contributed by atoms with Crippen molar-refractivity contribution in [3.63, 3.8) is 0 Å². The quantitative estimate of drug-likeness (QED) is 0.806. The Morgan fingerprint density at radius 3 is 2.42 bits per heavy atom. The molecule has 0 saturated carbocycles. The zero-order chi connectivity index (χ0) is 18.3.